The van der Waals surface area contributed by atoms with Crippen LogP contribution in [0.15, 0.2) is 0 Å². The van der Waals surface area contributed by atoms with Gasteiger partial charge in [-0.2, -0.15) is 0 Å². The Labute approximate surface area is 49.4 Å². The summed E-state index contributed by atoms with van der Waals surface area (Å²) in [4.78, 5) is 0. The summed E-state index contributed by atoms with van der Waals surface area (Å²) in [6.45, 7) is 3.22. The van der Waals surface area contributed by atoms with Crippen molar-refractivity contribution in [3.8, 4) is 0 Å². The van der Waals surface area contributed by atoms with Crippen molar-refractivity contribution in [2.45, 2.75) is 25.8 Å². The second-order valence-electron chi connectivity index (χ2n) is 2.11. The summed E-state index contributed by atoms with van der Waals surface area (Å²) in [5.41, 5.74) is 0. The predicted octanol–water partition coefficient (Wildman–Crippen LogP) is 1.62. The largest absolute Gasteiger partial charge is 0.217 e. The smallest absolute Gasteiger partial charge is 0.0223 e. The molecular weight excluding hydrogens is 110 g/mol. The molecule has 1 saturated heterocycles. The van der Waals surface area contributed by atoms with Gasteiger partial charge in [-0.3, -0.25) is 0 Å². The van der Waals surface area contributed by atoms with E-state index < -0.39 is 0 Å². The summed E-state index contributed by atoms with van der Waals surface area (Å²) in [6, 6.07) is 0.613. The highest BCUT2D eigenvalue weighted by Crippen LogP contribution is 2.17. The lowest BCUT2D eigenvalue weighted by molar-refractivity contribution is 0.451. The van der Waals surface area contributed by atoms with Crippen molar-refractivity contribution in [3.63, 3.8) is 0 Å². The quantitative estimate of drug-likeness (QED) is 0.438. The van der Waals surface area contributed by atoms with Crippen LogP contribution >= 0.6 is 11.8 Å². The van der Waals surface area contributed by atoms with E-state index in [2.05, 4.69) is 6.92 Å². The Morgan fingerprint density at radius 1 is 1.71 bits per heavy atom. The van der Waals surface area contributed by atoms with E-state index in [0.29, 0.717) is 6.04 Å². The fourth-order valence-electron chi connectivity index (χ4n) is 0.898. The predicted molar refractivity (Wildman–Crippen MR) is 31.3 cm³/mol. The van der Waals surface area contributed by atoms with Crippen molar-refractivity contribution in [3.05, 3.63) is 0 Å². The minimum Gasteiger partial charge on any atom is -0.217 e. The Balaban J connectivity index is 2.33. The summed E-state index contributed by atoms with van der Waals surface area (Å²) < 4.78 is 1.88. The molecule has 42 valence electrons. The normalized spacial score (nSPS) is 34.3. The van der Waals surface area contributed by atoms with Crippen molar-refractivity contribution in [1.82, 2.24) is 4.42 Å². The van der Waals surface area contributed by atoms with Crippen LogP contribution in [0, 0.1) is 0 Å². The molecule has 0 bridgehead atoms. The molecule has 1 atom stereocenters. The number of hydrogen-bond donors (Lipinski definition) is 0. The summed E-state index contributed by atoms with van der Waals surface area (Å²) in [6.07, 6.45) is 2.54. The van der Waals surface area contributed by atoms with Crippen molar-refractivity contribution in [1.29, 1.82) is 0 Å². The van der Waals surface area contributed by atoms with Gasteiger partial charge in [0.1, 0.15) is 0 Å². The number of rotatable bonds is 0. The summed E-state index contributed by atoms with van der Waals surface area (Å²) in [7, 11) is 0. The zero-order valence-corrected chi connectivity index (χ0v) is 5.28. The zero-order chi connectivity index (χ0) is 5.28. The van der Waals surface area contributed by atoms with Crippen LogP contribution in [0.3, 0.4) is 0 Å². The van der Waals surface area contributed by atoms with Crippen molar-refractivity contribution >= 4 is 11.8 Å². The molecule has 1 nitrogen and oxygen atoms in total. The third-order valence-corrected chi connectivity index (χ3v) is 1.97. The molecular formula is C5H10ClN. The van der Waals surface area contributed by atoms with Crippen molar-refractivity contribution in [2.75, 3.05) is 6.54 Å². The van der Waals surface area contributed by atoms with Gasteiger partial charge < -0.3 is 0 Å². The third kappa shape index (κ3) is 1.07. The number of halogens is 1. The van der Waals surface area contributed by atoms with E-state index >= 15 is 0 Å². The van der Waals surface area contributed by atoms with Gasteiger partial charge in [0.25, 0.3) is 0 Å². The molecule has 1 fully saturated rings. The van der Waals surface area contributed by atoms with E-state index in [1.165, 1.54) is 12.8 Å². The zero-order valence-electron chi connectivity index (χ0n) is 4.52. The first-order valence-electron chi connectivity index (χ1n) is 2.73. The van der Waals surface area contributed by atoms with Gasteiger partial charge in [0.15, 0.2) is 0 Å². The second kappa shape index (κ2) is 2.01. The highest BCUT2D eigenvalue weighted by Gasteiger charge is 2.16. The number of hydrogen-bond acceptors (Lipinski definition) is 1. The topological polar surface area (TPSA) is 3.24 Å². The molecule has 0 amide bonds. The van der Waals surface area contributed by atoms with E-state index in [9.17, 15) is 0 Å². The van der Waals surface area contributed by atoms with Gasteiger partial charge >= 0.3 is 0 Å². The first-order valence-corrected chi connectivity index (χ1v) is 3.07. The maximum absolute atomic E-state index is 5.70. The molecule has 1 rings (SSSR count). The fraction of sp³-hybridized carbons (Fsp3) is 1.00. The summed E-state index contributed by atoms with van der Waals surface area (Å²) in [5, 5.41) is 0. The van der Waals surface area contributed by atoms with Crippen LogP contribution in [0.2, 0.25) is 0 Å². The molecule has 0 saturated carbocycles. The monoisotopic (exact) mass is 119 g/mol. The second-order valence-corrected chi connectivity index (χ2v) is 2.55. The van der Waals surface area contributed by atoms with Gasteiger partial charge in [0.05, 0.1) is 0 Å². The molecule has 0 spiro atoms. The molecule has 1 heterocycles. The van der Waals surface area contributed by atoms with E-state index in [1.54, 1.807) is 0 Å². The summed E-state index contributed by atoms with van der Waals surface area (Å²) in [5.74, 6) is 0. The van der Waals surface area contributed by atoms with Gasteiger partial charge in [-0.15, -0.1) is 0 Å². The fourth-order valence-corrected chi connectivity index (χ4v) is 1.12. The molecule has 2 heteroatoms. The first kappa shape index (κ1) is 5.39. The average molecular weight is 120 g/mol. The Hall–Kier alpha value is 0.250. The molecule has 1 aliphatic heterocycles. The van der Waals surface area contributed by atoms with Crippen LogP contribution < -0.4 is 0 Å². The molecule has 1 aliphatic rings. The minimum absolute atomic E-state index is 0.613. The Bertz CT molecular complexity index is 57.1. The van der Waals surface area contributed by atoms with E-state index in [4.69, 9.17) is 11.8 Å². The average Bonchev–Trinajstić information content (AvgIpc) is 1.91. The molecule has 0 aromatic heterocycles. The van der Waals surface area contributed by atoms with E-state index in [-0.39, 0.29) is 0 Å². The maximum atomic E-state index is 5.70. The SMILES string of the molecule is C[C@@H]1CCCN1Cl. The van der Waals surface area contributed by atoms with Gasteiger partial charge in [0, 0.05) is 12.6 Å². The van der Waals surface area contributed by atoms with Crippen LogP contribution in [0.1, 0.15) is 19.8 Å². The molecule has 0 radical (unpaired) electrons. The van der Waals surface area contributed by atoms with Crippen molar-refractivity contribution < 1.29 is 0 Å². The lowest BCUT2D eigenvalue weighted by atomic mass is 10.3. The Kier molecular flexibility index (Phi) is 1.55. The molecule has 7 heavy (non-hydrogen) atoms. The minimum atomic E-state index is 0.613. The molecule has 0 N–H and O–H groups in total. The summed E-state index contributed by atoms with van der Waals surface area (Å²) >= 11 is 5.70. The van der Waals surface area contributed by atoms with Crippen LogP contribution in [0.5, 0.6) is 0 Å². The van der Waals surface area contributed by atoms with Crippen molar-refractivity contribution in [2.24, 2.45) is 0 Å². The molecule has 0 aliphatic carbocycles. The van der Waals surface area contributed by atoms with Crippen LogP contribution in [-0.4, -0.2) is 17.0 Å². The highest BCUT2D eigenvalue weighted by molar-refractivity contribution is 6.13. The third-order valence-electron chi connectivity index (χ3n) is 1.47. The van der Waals surface area contributed by atoms with Crippen LogP contribution in [0.4, 0.5) is 0 Å². The Morgan fingerprint density at radius 3 is 2.57 bits per heavy atom. The van der Waals surface area contributed by atoms with Gasteiger partial charge in [-0.05, 0) is 31.5 Å². The van der Waals surface area contributed by atoms with Gasteiger partial charge in [-0.25, -0.2) is 4.42 Å². The number of nitrogens with zero attached hydrogens (tertiary/aromatic N) is 1. The Morgan fingerprint density at radius 2 is 2.43 bits per heavy atom. The van der Waals surface area contributed by atoms with Crippen LogP contribution in [0.25, 0.3) is 0 Å². The van der Waals surface area contributed by atoms with E-state index in [1.807, 2.05) is 4.42 Å². The van der Waals surface area contributed by atoms with Crippen LogP contribution in [-0.2, 0) is 0 Å². The van der Waals surface area contributed by atoms with Gasteiger partial charge in [0.2, 0.25) is 0 Å². The lowest BCUT2D eigenvalue weighted by Gasteiger charge is -2.08. The van der Waals surface area contributed by atoms with Gasteiger partial charge in [-0.1, -0.05) is 0 Å². The standard InChI is InChI=1S/C5H10ClN/c1-5-3-2-4-7(5)6/h5H,2-4H2,1H3/t5-/m1/s1. The molecule has 0 aromatic rings. The first-order chi connectivity index (χ1) is 3.30. The maximum Gasteiger partial charge on any atom is 0.0223 e. The van der Waals surface area contributed by atoms with E-state index in [0.717, 1.165) is 6.54 Å². The molecule has 0 aromatic carbocycles. The molecule has 0 unspecified atom stereocenters. The highest BCUT2D eigenvalue weighted by atomic mass is 35.5. The lowest BCUT2D eigenvalue weighted by Crippen LogP contribution is -2.14.